The average Bonchev–Trinajstić information content (AvgIpc) is 3.66. The summed E-state index contributed by atoms with van der Waals surface area (Å²) in [6.45, 7) is 0. The van der Waals surface area contributed by atoms with Gasteiger partial charge in [0.05, 0.1) is 22.5 Å². The summed E-state index contributed by atoms with van der Waals surface area (Å²) in [6.07, 6.45) is 0. The minimum atomic E-state index is -0.670. The number of hydrogen-bond acceptors (Lipinski definition) is 3. The molecule has 3 nitrogen and oxygen atoms in total. The van der Waals surface area contributed by atoms with Gasteiger partial charge in [0.25, 0.3) is 0 Å². The molecule has 0 atom stereocenters. The Bertz CT molecular complexity index is 2990. The number of anilines is 6. The molecule has 0 bridgehead atoms. The van der Waals surface area contributed by atoms with Crippen molar-refractivity contribution in [3.05, 3.63) is 241 Å². The Morgan fingerprint density at radius 2 is 0.929 bits per heavy atom. The van der Waals surface area contributed by atoms with Gasteiger partial charge in [0, 0.05) is 38.8 Å². The Morgan fingerprint density at radius 1 is 0.393 bits per heavy atom. The van der Waals surface area contributed by atoms with Crippen LogP contribution in [-0.2, 0) is 5.41 Å². The smallest absolute Gasteiger partial charge is 0.140 e. The fourth-order valence-corrected chi connectivity index (χ4v) is 9.17. The minimum Gasteiger partial charge on any atom is -0.456 e. The molecular formula is C53H36N2O. The van der Waals surface area contributed by atoms with E-state index in [-0.39, 0.29) is 0 Å². The molecule has 0 saturated heterocycles. The number of para-hydroxylation sites is 5. The quantitative estimate of drug-likeness (QED) is 0.171. The molecule has 56 heavy (non-hydrogen) atoms. The summed E-state index contributed by atoms with van der Waals surface area (Å²) in [5.41, 5.74) is 12.5. The Balaban J connectivity index is 1.13. The number of nitrogens with zero attached hydrogens (tertiary/aromatic N) is 2. The van der Waals surface area contributed by atoms with E-state index in [1.165, 1.54) is 27.5 Å². The molecule has 1 aliphatic rings. The van der Waals surface area contributed by atoms with E-state index in [4.69, 9.17) is 4.42 Å². The second-order valence-electron chi connectivity index (χ2n) is 14.5. The van der Waals surface area contributed by atoms with Crippen molar-refractivity contribution in [2.24, 2.45) is 0 Å². The molecule has 0 amide bonds. The average molecular weight is 717 g/mol. The number of rotatable bonds is 6. The fourth-order valence-electron chi connectivity index (χ4n) is 9.17. The molecule has 0 N–H and O–H groups in total. The Kier molecular flexibility index (Phi) is 7.39. The van der Waals surface area contributed by atoms with E-state index in [1.807, 2.05) is 6.07 Å². The normalized spacial score (nSPS) is 13.1. The van der Waals surface area contributed by atoms with Gasteiger partial charge in [-0.3, -0.25) is 0 Å². The summed E-state index contributed by atoms with van der Waals surface area (Å²) in [5, 5.41) is 4.66. The van der Waals surface area contributed by atoms with Gasteiger partial charge >= 0.3 is 0 Å². The van der Waals surface area contributed by atoms with E-state index in [2.05, 4.69) is 222 Å². The molecule has 2 heterocycles. The van der Waals surface area contributed by atoms with Crippen LogP contribution < -0.4 is 9.80 Å². The maximum Gasteiger partial charge on any atom is 0.140 e. The summed E-state index contributed by atoms with van der Waals surface area (Å²) in [6, 6.07) is 78.6. The van der Waals surface area contributed by atoms with Crippen molar-refractivity contribution >= 4 is 66.8 Å². The molecule has 11 rings (SSSR count). The second-order valence-corrected chi connectivity index (χ2v) is 14.5. The zero-order valence-corrected chi connectivity index (χ0v) is 30.6. The Morgan fingerprint density at radius 3 is 1.68 bits per heavy atom. The third-order valence-electron chi connectivity index (χ3n) is 11.5. The van der Waals surface area contributed by atoms with Gasteiger partial charge in [-0.25, -0.2) is 0 Å². The van der Waals surface area contributed by atoms with Crippen LogP contribution in [0.2, 0.25) is 0 Å². The molecule has 10 aromatic rings. The summed E-state index contributed by atoms with van der Waals surface area (Å²) >= 11 is 0. The van der Waals surface area contributed by atoms with Gasteiger partial charge in [-0.05, 0) is 82.7 Å². The molecule has 1 aromatic heterocycles. The van der Waals surface area contributed by atoms with Gasteiger partial charge in [0.15, 0.2) is 0 Å². The molecule has 0 spiro atoms. The van der Waals surface area contributed by atoms with Crippen molar-refractivity contribution < 1.29 is 4.42 Å². The predicted octanol–water partition coefficient (Wildman–Crippen LogP) is 14.4. The number of fused-ring (bicyclic) bond motifs is 6. The zero-order chi connectivity index (χ0) is 37.1. The van der Waals surface area contributed by atoms with Crippen molar-refractivity contribution in [2.75, 3.05) is 9.80 Å². The predicted molar refractivity (Wildman–Crippen MR) is 232 cm³/mol. The van der Waals surface area contributed by atoms with Crippen molar-refractivity contribution in [3.8, 4) is 0 Å². The standard InChI is InChI=1S/C53H36N2O/c1-3-19-38(20-4-1)53(47-28-16-25-44-43-24-9-14-32-51(43)56-52(44)47)45-26-10-12-29-49(45)55(50-30-13-11-27-46(50)53)41-35-33-40(34-36-41)54(39-21-5-2-6-22-39)48-31-15-18-37-17-7-8-23-42(37)48/h1-36H. The molecule has 0 aliphatic carbocycles. The van der Waals surface area contributed by atoms with Crippen LogP contribution >= 0.6 is 0 Å². The van der Waals surface area contributed by atoms with Crippen LogP contribution in [0.1, 0.15) is 22.3 Å². The highest BCUT2D eigenvalue weighted by atomic mass is 16.3. The van der Waals surface area contributed by atoms with Crippen LogP contribution in [-0.4, -0.2) is 0 Å². The highest BCUT2D eigenvalue weighted by Crippen LogP contribution is 2.59. The maximum absolute atomic E-state index is 6.84. The number of furan rings is 1. The monoisotopic (exact) mass is 716 g/mol. The van der Waals surface area contributed by atoms with Gasteiger partial charge in [0.1, 0.15) is 11.2 Å². The van der Waals surface area contributed by atoms with E-state index < -0.39 is 5.41 Å². The molecule has 9 aromatic carbocycles. The van der Waals surface area contributed by atoms with Crippen molar-refractivity contribution in [3.63, 3.8) is 0 Å². The van der Waals surface area contributed by atoms with Gasteiger partial charge in [-0.1, -0.05) is 158 Å². The second kappa shape index (κ2) is 12.9. The summed E-state index contributed by atoms with van der Waals surface area (Å²) in [7, 11) is 0. The minimum absolute atomic E-state index is 0.670. The van der Waals surface area contributed by atoms with Crippen LogP contribution in [0.15, 0.2) is 223 Å². The van der Waals surface area contributed by atoms with E-state index in [0.29, 0.717) is 0 Å². The Labute approximate surface area is 325 Å². The van der Waals surface area contributed by atoms with E-state index in [0.717, 1.165) is 61.6 Å². The summed E-state index contributed by atoms with van der Waals surface area (Å²) < 4.78 is 6.84. The lowest BCUT2D eigenvalue weighted by Gasteiger charge is -2.46. The molecular weight excluding hydrogens is 681 g/mol. The van der Waals surface area contributed by atoms with Crippen LogP contribution in [0.5, 0.6) is 0 Å². The maximum atomic E-state index is 6.84. The van der Waals surface area contributed by atoms with Crippen LogP contribution in [0.4, 0.5) is 34.1 Å². The first-order chi connectivity index (χ1) is 27.8. The lowest BCUT2D eigenvalue weighted by Crippen LogP contribution is -2.37. The number of benzene rings is 9. The first-order valence-electron chi connectivity index (χ1n) is 19.2. The van der Waals surface area contributed by atoms with E-state index in [9.17, 15) is 0 Å². The number of hydrogen-bond donors (Lipinski definition) is 0. The highest BCUT2D eigenvalue weighted by molar-refractivity contribution is 6.07. The van der Waals surface area contributed by atoms with Gasteiger partial charge in [0.2, 0.25) is 0 Å². The first kappa shape index (κ1) is 32.1. The van der Waals surface area contributed by atoms with Gasteiger partial charge in [-0.15, -0.1) is 0 Å². The molecule has 3 heteroatoms. The summed E-state index contributed by atoms with van der Waals surface area (Å²) in [5.74, 6) is 0. The first-order valence-corrected chi connectivity index (χ1v) is 19.2. The molecule has 0 radical (unpaired) electrons. The molecule has 0 fully saturated rings. The fraction of sp³-hybridized carbons (Fsp3) is 0.0189. The van der Waals surface area contributed by atoms with Crippen molar-refractivity contribution in [1.82, 2.24) is 0 Å². The SMILES string of the molecule is c1ccc(N(c2ccc(N3c4ccccc4C(c4ccccc4)(c4cccc5c4oc4ccccc45)c4ccccc43)cc2)c2cccc3ccccc23)cc1. The Hall–Kier alpha value is -7.36. The van der Waals surface area contributed by atoms with Crippen LogP contribution in [0.25, 0.3) is 32.7 Å². The van der Waals surface area contributed by atoms with Gasteiger partial charge < -0.3 is 14.2 Å². The van der Waals surface area contributed by atoms with E-state index in [1.54, 1.807) is 0 Å². The van der Waals surface area contributed by atoms with Crippen LogP contribution in [0.3, 0.4) is 0 Å². The lowest BCUT2D eigenvalue weighted by molar-refractivity contribution is 0.643. The third-order valence-corrected chi connectivity index (χ3v) is 11.5. The largest absolute Gasteiger partial charge is 0.456 e. The summed E-state index contributed by atoms with van der Waals surface area (Å²) in [4.78, 5) is 4.79. The topological polar surface area (TPSA) is 19.6 Å². The molecule has 264 valence electrons. The van der Waals surface area contributed by atoms with Crippen LogP contribution in [0, 0.1) is 0 Å². The molecule has 1 aliphatic heterocycles. The third kappa shape index (κ3) is 4.77. The molecule has 0 saturated carbocycles. The zero-order valence-electron chi connectivity index (χ0n) is 30.6. The van der Waals surface area contributed by atoms with Gasteiger partial charge in [-0.2, -0.15) is 0 Å². The lowest BCUT2D eigenvalue weighted by atomic mass is 9.62. The highest BCUT2D eigenvalue weighted by Gasteiger charge is 2.47. The molecule has 0 unspecified atom stereocenters. The van der Waals surface area contributed by atoms with E-state index >= 15 is 0 Å². The van der Waals surface area contributed by atoms with Crippen molar-refractivity contribution in [2.45, 2.75) is 5.41 Å². The van der Waals surface area contributed by atoms with Crippen molar-refractivity contribution in [1.29, 1.82) is 0 Å².